The van der Waals surface area contributed by atoms with Crippen molar-refractivity contribution in [3.05, 3.63) is 93.8 Å². The molecule has 0 spiro atoms. The van der Waals surface area contributed by atoms with Crippen molar-refractivity contribution in [2.45, 2.75) is 37.4 Å². The summed E-state index contributed by atoms with van der Waals surface area (Å²) in [5.74, 6) is -0.541. The number of nitrogens with zero attached hydrogens (tertiary/aromatic N) is 1. The van der Waals surface area contributed by atoms with E-state index in [1.165, 1.54) is 24.3 Å². The number of thiocarbonyl (C=S) groups is 1. The first-order chi connectivity index (χ1) is 20.2. The van der Waals surface area contributed by atoms with Gasteiger partial charge in [0.15, 0.2) is 0 Å². The average molecular weight is 657 g/mol. The number of fused-ring (bicyclic) bond motifs is 1. The van der Waals surface area contributed by atoms with Crippen molar-refractivity contribution in [3.63, 3.8) is 0 Å². The molecule has 14 heteroatoms. The molecule has 43 heavy (non-hydrogen) atoms. The molecule has 3 aromatic carbocycles. The molecule has 0 radical (unpaired) electrons. The van der Waals surface area contributed by atoms with Crippen LogP contribution in [0.25, 0.3) is 11.6 Å². The summed E-state index contributed by atoms with van der Waals surface area (Å²) in [6.45, 7) is 2.96. The van der Waals surface area contributed by atoms with E-state index in [1.807, 2.05) is 0 Å². The minimum atomic E-state index is -4.77. The normalized spacial score (nSPS) is 15.5. The van der Waals surface area contributed by atoms with Gasteiger partial charge in [-0.05, 0) is 79.2 Å². The highest BCUT2D eigenvalue weighted by molar-refractivity contribution is 7.92. The number of carbonyl (C=O) groups is 1. The van der Waals surface area contributed by atoms with E-state index < -0.39 is 44.7 Å². The van der Waals surface area contributed by atoms with Crippen LogP contribution in [-0.4, -0.2) is 38.9 Å². The van der Waals surface area contributed by atoms with Crippen molar-refractivity contribution < 1.29 is 40.2 Å². The van der Waals surface area contributed by atoms with Gasteiger partial charge in [0, 0.05) is 12.0 Å². The molecular weight excluding hydrogens is 632 g/mol. The predicted octanol–water partition coefficient (Wildman–Crippen LogP) is 7.23. The molecule has 0 saturated heterocycles. The van der Waals surface area contributed by atoms with Gasteiger partial charge in [-0.25, -0.2) is 17.6 Å². The number of sulfonamides is 1. The lowest BCUT2D eigenvalue weighted by atomic mass is 9.97. The minimum Gasteiger partial charge on any atom is -0.465 e. The monoisotopic (exact) mass is 656 g/mol. The van der Waals surface area contributed by atoms with E-state index in [0.29, 0.717) is 22.8 Å². The van der Waals surface area contributed by atoms with Gasteiger partial charge in [-0.1, -0.05) is 41.9 Å². The van der Waals surface area contributed by atoms with Crippen molar-refractivity contribution in [1.29, 1.82) is 0 Å². The van der Waals surface area contributed by atoms with E-state index in [2.05, 4.69) is 5.32 Å². The molecule has 1 heterocycles. The molecule has 3 aromatic rings. The van der Waals surface area contributed by atoms with Gasteiger partial charge in [-0.15, -0.1) is 0 Å². The van der Waals surface area contributed by atoms with Crippen LogP contribution in [0.3, 0.4) is 0 Å². The summed E-state index contributed by atoms with van der Waals surface area (Å²) in [6, 6.07) is 12.5. The number of allylic oxidation sites excluding steroid dienone is 1. The highest BCUT2D eigenvalue weighted by Crippen LogP contribution is 2.37. The van der Waals surface area contributed by atoms with Gasteiger partial charge in [-0.3, -0.25) is 9.62 Å². The molecule has 0 unspecified atom stereocenters. The summed E-state index contributed by atoms with van der Waals surface area (Å²) in [5, 5.41) is 2.05. The standard InChI is InChI=1S/C29H25ClF4N2O5S2/c1-3-40-27(37)35-28(42)41-21-14-19-11-10-18(12-17(2)26-23(30)8-5-9-24(26)31)13-25(19)36(16-21)43(38,39)22-7-4-6-20(15-22)29(32,33)34/h4-13,15,21H,3,14,16H2,1-2H3,(H,35,37,42)/b17-12+/t21-/m1/s1. The Kier molecular flexibility index (Phi) is 9.67. The third-order valence-electron chi connectivity index (χ3n) is 6.44. The second kappa shape index (κ2) is 12.9. The third-order valence-corrected chi connectivity index (χ3v) is 8.73. The summed E-state index contributed by atoms with van der Waals surface area (Å²) in [5.41, 5.74) is 0.646. The first kappa shape index (κ1) is 32.2. The van der Waals surface area contributed by atoms with Crippen molar-refractivity contribution in [1.82, 2.24) is 5.32 Å². The number of alkyl carbamates (subject to hydrolysis) is 1. The Balaban J connectivity index is 1.76. The van der Waals surface area contributed by atoms with Crippen LogP contribution in [-0.2, 0) is 32.1 Å². The zero-order chi connectivity index (χ0) is 31.5. The Bertz CT molecular complexity index is 1680. The highest BCUT2D eigenvalue weighted by Gasteiger charge is 2.37. The molecule has 0 aromatic heterocycles. The smallest absolute Gasteiger partial charge is 0.416 e. The SMILES string of the molecule is CCOC(=O)NC(=S)O[C@@H]1Cc2ccc(/C=C(\C)c3c(F)cccc3Cl)cc2N(S(=O)(=O)c2cccc(C(F)(F)F)c2)C1. The molecular formula is C29H25ClF4N2O5S2. The van der Waals surface area contributed by atoms with Crippen molar-refractivity contribution in [2.75, 3.05) is 17.5 Å². The number of amides is 1. The molecule has 0 bridgehead atoms. The molecule has 1 N–H and O–H groups in total. The van der Waals surface area contributed by atoms with Crippen LogP contribution in [0, 0.1) is 5.82 Å². The summed E-state index contributed by atoms with van der Waals surface area (Å²) < 4.78 is 93.9. The Morgan fingerprint density at radius 1 is 1.16 bits per heavy atom. The highest BCUT2D eigenvalue weighted by atomic mass is 35.5. The number of halogens is 5. The van der Waals surface area contributed by atoms with Crippen LogP contribution in [0.4, 0.5) is 28.0 Å². The fraction of sp³-hybridized carbons (Fsp3) is 0.241. The van der Waals surface area contributed by atoms with Crippen molar-refractivity contribution in [2.24, 2.45) is 0 Å². The quantitative estimate of drug-likeness (QED) is 0.171. The molecule has 228 valence electrons. The van der Waals surface area contributed by atoms with Crippen LogP contribution in [0.1, 0.15) is 36.1 Å². The molecule has 7 nitrogen and oxygen atoms in total. The number of ether oxygens (including phenoxy) is 2. The molecule has 4 rings (SSSR count). The molecule has 0 fully saturated rings. The van der Waals surface area contributed by atoms with E-state index in [4.69, 9.17) is 33.3 Å². The van der Waals surface area contributed by atoms with Crippen LogP contribution >= 0.6 is 23.8 Å². The maximum absolute atomic E-state index is 14.5. The number of hydrogen-bond acceptors (Lipinski definition) is 6. The van der Waals surface area contributed by atoms with Gasteiger partial charge in [0.1, 0.15) is 11.9 Å². The lowest BCUT2D eigenvalue weighted by Crippen LogP contribution is -2.46. The van der Waals surface area contributed by atoms with Crippen LogP contribution < -0.4 is 9.62 Å². The number of rotatable bonds is 6. The minimum absolute atomic E-state index is 0.0770. The molecule has 1 aliphatic rings. The van der Waals surface area contributed by atoms with E-state index in [-0.39, 0.29) is 41.0 Å². The number of anilines is 1. The Hall–Kier alpha value is -3.68. The lowest BCUT2D eigenvalue weighted by Gasteiger charge is -2.35. The van der Waals surface area contributed by atoms with E-state index in [0.717, 1.165) is 22.5 Å². The zero-order valence-corrected chi connectivity index (χ0v) is 25.1. The van der Waals surface area contributed by atoms with Crippen molar-refractivity contribution >= 4 is 62.4 Å². The van der Waals surface area contributed by atoms with E-state index in [1.54, 1.807) is 32.1 Å². The number of benzene rings is 3. The summed E-state index contributed by atoms with van der Waals surface area (Å²) in [7, 11) is -4.57. The number of carbonyl (C=O) groups excluding carboxylic acids is 1. The lowest BCUT2D eigenvalue weighted by molar-refractivity contribution is -0.137. The Morgan fingerprint density at radius 3 is 2.56 bits per heavy atom. The van der Waals surface area contributed by atoms with Crippen LogP contribution in [0.15, 0.2) is 65.6 Å². The number of nitrogens with one attached hydrogen (secondary N) is 1. The topological polar surface area (TPSA) is 84.9 Å². The van der Waals surface area contributed by atoms with Gasteiger partial charge >= 0.3 is 12.3 Å². The summed E-state index contributed by atoms with van der Waals surface area (Å²) in [6.07, 6.45) is -4.79. The van der Waals surface area contributed by atoms with Gasteiger partial charge in [0.2, 0.25) is 0 Å². The maximum atomic E-state index is 14.5. The van der Waals surface area contributed by atoms with E-state index in [9.17, 15) is 30.8 Å². The predicted molar refractivity (Wildman–Crippen MR) is 159 cm³/mol. The van der Waals surface area contributed by atoms with Gasteiger partial charge in [-0.2, -0.15) is 13.2 Å². The van der Waals surface area contributed by atoms with Gasteiger partial charge < -0.3 is 9.47 Å². The molecule has 1 amide bonds. The average Bonchev–Trinajstić information content (AvgIpc) is 2.92. The molecule has 1 aliphatic heterocycles. The van der Waals surface area contributed by atoms with E-state index >= 15 is 0 Å². The molecule has 0 saturated carbocycles. The zero-order valence-electron chi connectivity index (χ0n) is 22.7. The number of hydrogen-bond donors (Lipinski definition) is 1. The Morgan fingerprint density at radius 2 is 1.88 bits per heavy atom. The first-order valence-electron chi connectivity index (χ1n) is 12.8. The molecule has 1 atom stereocenters. The second-order valence-corrected chi connectivity index (χ2v) is 12.1. The summed E-state index contributed by atoms with van der Waals surface area (Å²) in [4.78, 5) is 11.2. The fourth-order valence-corrected chi connectivity index (χ4v) is 6.67. The summed E-state index contributed by atoms with van der Waals surface area (Å²) >= 11 is 11.3. The van der Waals surface area contributed by atoms with Crippen LogP contribution in [0.2, 0.25) is 5.02 Å². The van der Waals surface area contributed by atoms with Gasteiger partial charge in [0.05, 0.1) is 34.3 Å². The molecule has 0 aliphatic carbocycles. The number of alkyl halides is 3. The third kappa shape index (κ3) is 7.46. The van der Waals surface area contributed by atoms with Crippen molar-refractivity contribution in [3.8, 4) is 0 Å². The maximum Gasteiger partial charge on any atom is 0.416 e. The van der Waals surface area contributed by atoms with Crippen LogP contribution in [0.5, 0.6) is 0 Å². The Labute approximate surface area is 256 Å². The first-order valence-corrected chi connectivity index (χ1v) is 15.0. The second-order valence-electron chi connectivity index (χ2n) is 9.45. The largest absolute Gasteiger partial charge is 0.465 e. The van der Waals surface area contributed by atoms with Gasteiger partial charge in [0.25, 0.3) is 15.2 Å². The fourth-order valence-electron chi connectivity index (χ4n) is 4.56.